The van der Waals surface area contributed by atoms with Crippen LogP contribution in [0.2, 0.25) is 0 Å². The largest absolute Gasteiger partial charge is 0.468 e. The Morgan fingerprint density at radius 3 is 2.39 bits per heavy atom. The predicted molar refractivity (Wildman–Crippen MR) is 177 cm³/mol. The van der Waals surface area contributed by atoms with Crippen LogP contribution in [0.5, 0.6) is 0 Å². The first-order valence-corrected chi connectivity index (χ1v) is 15.6. The van der Waals surface area contributed by atoms with Gasteiger partial charge in [0.05, 0.1) is 25.0 Å². The Balaban J connectivity index is 1.09. The summed E-state index contributed by atoms with van der Waals surface area (Å²) in [6.07, 6.45) is 5.15. The molecule has 3 N–H and O–H groups in total. The minimum Gasteiger partial charge on any atom is -0.468 e. The molecule has 0 atom stereocenters. The Hall–Kier alpha value is -4.77. The number of para-hydroxylation sites is 1. The predicted octanol–water partition coefficient (Wildman–Crippen LogP) is 5.10. The number of furan rings is 1. The fourth-order valence-corrected chi connectivity index (χ4v) is 5.22. The van der Waals surface area contributed by atoms with Gasteiger partial charge < -0.3 is 25.1 Å². The number of ether oxygens (including phenoxy) is 1. The molecule has 239 valence electrons. The van der Waals surface area contributed by atoms with Crippen molar-refractivity contribution in [1.82, 2.24) is 21.0 Å². The van der Waals surface area contributed by atoms with E-state index in [2.05, 4.69) is 22.4 Å². The van der Waals surface area contributed by atoms with Crippen molar-refractivity contribution in [2.45, 2.75) is 19.4 Å². The van der Waals surface area contributed by atoms with E-state index in [4.69, 9.17) is 9.15 Å². The van der Waals surface area contributed by atoms with Gasteiger partial charge in [0.15, 0.2) is 5.78 Å². The van der Waals surface area contributed by atoms with E-state index in [1.54, 1.807) is 35.5 Å². The van der Waals surface area contributed by atoms with E-state index in [9.17, 15) is 14.4 Å². The molecule has 0 saturated carbocycles. The zero-order chi connectivity index (χ0) is 32.0. The molecular formula is C36H40N5O5. The third-order valence-electron chi connectivity index (χ3n) is 7.56. The van der Waals surface area contributed by atoms with Crippen LogP contribution in [0.3, 0.4) is 0 Å². The van der Waals surface area contributed by atoms with Crippen LogP contribution >= 0.6 is 0 Å². The molecule has 1 aliphatic heterocycles. The number of piperidine rings is 1. The summed E-state index contributed by atoms with van der Waals surface area (Å²) < 4.78 is 11.0. The van der Waals surface area contributed by atoms with Crippen LogP contribution in [-0.4, -0.2) is 68.7 Å². The molecule has 5 rings (SSSR count). The van der Waals surface area contributed by atoms with Crippen molar-refractivity contribution in [2.24, 2.45) is 0 Å². The smallest absolute Gasteiger partial charge is 0.429 e. The minimum atomic E-state index is -0.465. The van der Waals surface area contributed by atoms with Crippen molar-refractivity contribution in [3.8, 4) is 11.1 Å². The number of Topliss-reactive ketones (excluding diaryl/α,β-unsaturated/α-hetero) is 1. The van der Waals surface area contributed by atoms with E-state index in [-0.39, 0.29) is 24.8 Å². The van der Waals surface area contributed by atoms with E-state index < -0.39 is 6.09 Å². The quantitative estimate of drug-likeness (QED) is 0.124. The lowest BCUT2D eigenvalue weighted by molar-refractivity contribution is 0.0953. The number of hydrazine groups is 1. The van der Waals surface area contributed by atoms with Gasteiger partial charge in [-0.1, -0.05) is 60.7 Å². The van der Waals surface area contributed by atoms with Crippen molar-refractivity contribution in [2.75, 3.05) is 50.9 Å². The maximum Gasteiger partial charge on any atom is 0.429 e. The third kappa shape index (κ3) is 9.13. The number of carbonyl (C=O) groups is 3. The molecule has 10 nitrogen and oxygen atoms in total. The standard InChI is InChI=1S/C36H40N5O5/c42-34(29-13-9-14-30(25-29)35(43)39-19-18-37-26-31-15-10-23-45-31)27-38-20-24-46-36(44)41(40-21-7-2-8-22-40)33-17-6-5-16-32(33)28-11-3-1-4-12-28/h1-6,9-17,23,25,37-38H,7-8,18-22,24,26-27H2,(H,39,43). The molecule has 0 unspecified atom stereocenters. The lowest BCUT2D eigenvalue weighted by Crippen LogP contribution is -2.50. The van der Waals surface area contributed by atoms with Gasteiger partial charge in [-0.15, -0.1) is 0 Å². The second-order valence-electron chi connectivity index (χ2n) is 10.8. The van der Waals surface area contributed by atoms with E-state index in [1.165, 1.54) is 0 Å². The molecule has 1 aliphatic rings. The monoisotopic (exact) mass is 622 g/mol. The Morgan fingerprint density at radius 1 is 0.804 bits per heavy atom. The lowest BCUT2D eigenvalue weighted by atomic mass is 10.0. The highest BCUT2D eigenvalue weighted by atomic mass is 16.6. The van der Waals surface area contributed by atoms with E-state index >= 15 is 0 Å². The first-order valence-electron chi connectivity index (χ1n) is 15.6. The molecule has 1 saturated heterocycles. The van der Waals surface area contributed by atoms with Gasteiger partial charge in [0.1, 0.15) is 12.4 Å². The van der Waals surface area contributed by atoms with Crippen LogP contribution in [-0.2, 0) is 11.3 Å². The average molecular weight is 623 g/mol. The van der Waals surface area contributed by atoms with Crippen LogP contribution in [0.15, 0.2) is 102 Å². The minimum absolute atomic E-state index is 0.0435. The fraction of sp³-hybridized carbons (Fsp3) is 0.278. The number of nitrogens with one attached hydrogen (secondary N) is 3. The number of benzene rings is 3. The van der Waals surface area contributed by atoms with Gasteiger partial charge in [-0.3, -0.25) is 9.59 Å². The SMILES string of the molecule is O=C(CNCCOC(=O)N(c1ccccc1-c1ccccc1)N1CC[CH]CC1)c1cccc(C(=O)NCCNCc2ccco2)c1. The number of anilines is 1. The highest BCUT2D eigenvalue weighted by Gasteiger charge is 2.28. The first-order chi connectivity index (χ1) is 22.6. The van der Waals surface area contributed by atoms with Gasteiger partial charge in [0, 0.05) is 49.4 Å². The zero-order valence-corrected chi connectivity index (χ0v) is 25.8. The zero-order valence-electron chi connectivity index (χ0n) is 25.8. The summed E-state index contributed by atoms with van der Waals surface area (Å²) in [7, 11) is 0. The molecule has 4 aromatic rings. The molecule has 0 spiro atoms. The lowest BCUT2D eigenvalue weighted by Gasteiger charge is -2.37. The summed E-state index contributed by atoms with van der Waals surface area (Å²) in [6, 6.07) is 28.2. The summed E-state index contributed by atoms with van der Waals surface area (Å²) in [6.45, 7) is 3.45. The van der Waals surface area contributed by atoms with E-state index in [0.29, 0.717) is 50.4 Å². The Kier molecular flexibility index (Phi) is 12.1. The van der Waals surface area contributed by atoms with Crippen LogP contribution in [0.25, 0.3) is 11.1 Å². The number of amides is 2. The fourth-order valence-electron chi connectivity index (χ4n) is 5.22. The number of rotatable bonds is 15. The summed E-state index contributed by atoms with van der Waals surface area (Å²) in [5.41, 5.74) is 3.56. The van der Waals surface area contributed by atoms with Crippen molar-refractivity contribution in [3.63, 3.8) is 0 Å². The molecule has 10 heteroatoms. The molecule has 46 heavy (non-hydrogen) atoms. The molecule has 0 aliphatic carbocycles. The van der Waals surface area contributed by atoms with Gasteiger partial charge in [-0.05, 0) is 55.2 Å². The molecule has 2 heterocycles. The summed E-state index contributed by atoms with van der Waals surface area (Å²) >= 11 is 0. The molecule has 1 aromatic heterocycles. The van der Waals surface area contributed by atoms with Crippen molar-refractivity contribution in [3.05, 3.63) is 121 Å². The van der Waals surface area contributed by atoms with Gasteiger partial charge in [-0.25, -0.2) is 14.8 Å². The highest BCUT2D eigenvalue weighted by molar-refractivity contribution is 6.01. The topological polar surface area (TPSA) is 116 Å². The molecular weight excluding hydrogens is 582 g/mol. The normalized spacial score (nSPS) is 13.2. The Morgan fingerprint density at radius 2 is 1.59 bits per heavy atom. The van der Waals surface area contributed by atoms with Gasteiger partial charge in [-0.2, -0.15) is 0 Å². The average Bonchev–Trinajstić information content (AvgIpc) is 3.63. The van der Waals surface area contributed by atoms with Crippen LogP contribution < -0.4 is 21.0 Å². The van der Waals surface area contributed by atoms with Gasteiger partial charge in [0.2, 0.25) is 0 Å². The maximum absolute atomic E-state index is 13.5. The Bertz CT molecular complexity index is 1550. The van der Waals surface area contributed by atoms with Crippen LogP contribution in [0, 0.1) is 6.42 Å². The van der Waals surface area contributed by atoms with Crippen molar-refractivity contribution >= 4 is 23.5 Å². The number of hydrogen-bond acceptors (Lipinski definition) is 8. The van der Waals surface area contributed by atoms with E-state index in [1.807, 2.05) is 71.7 Å². The molecule has 1 fully saturated rings. The third-order valence-corrected chi connectivity index (χ3v) is 7.56. The number of ketones is 1. The highest BCUT2D eigenvalue weighted by Crippen LogP contribution is 2.33. The number of carbonyl (C=O) groups excluding carboxylic acids is 3. The Labute approximate surface area is 269 Å². The molecule has 2 amide bonds. The van der Waals surface area contributed by atoms with Crippen LogP contribution in [0.4, 0.5) is 10.5 Å². The number of hydrogen-bond donors (Lipinski definition) is 3. The van der Waals surface area contributed by atoms with Crippen molar-refractivity contribution < 1.29 is 23.5 Å². The van der Waals surface area contributed by atoms with Crippen LogP contribution in [0.1, 0.15) is 39.3 Å². The summed E-state index contributed by atoms with van der Waals surface area (Å²) in [4.78, 5) is 39.0. The molecule has 3 aromatic carbocycles. The van der Waals surface area contributed by atoms with Gasteiger partial charge >= 0.3 is 6.09 Å². The first kappa shape index (κ1) is 32.6. The maximum atomic E-state index is 13.5. The summed E-state index contributed by atoms with van der Waals surface area (Å²) in [5.74, 6) is 0.413. The van der Waals surface area contributed by atoms with Crippen molar-refractivity contribution in [1.29, 1.82) is 0 Å². The summed E-state index contributed by atoms with van der Waals surface area (Å²) in [5, 5.41) is 12.8. The molecule has 1 radical (unpaired) electrons. The molecule has 0 bridgehead atoms. The second kappa shape index (κ2) is 17.1. The number of nitrogens with zero attached hydrogens (tertiary/aromatic N) is 2. The van der Waals surface area contributed by atoms with E-state index in [0.717, 1.165) is 35.4 Å². The van der Waals surface area contributed by atoms with Gasteiger partial charge in [0.25, 0.3) is 5.91 Å². The second-order valence-corrected chi connectivity index (χ2v) is 10.8.